The summed E-state index contributed by atoms with van der Waals surface area (Å²) in [7, 11) is -0.659. The second-order valence-corrected chi connectivity index (χ2v) is 6.90. The van der Waals surface area contributed by atoms with Crippen molar-refractivity contribution in [3.63, 3.8) is 0 Å². The molecular weight excluding hydrogens is 314 g/mol. The Kier molecular flexibility index (Phi) is 8.06. The van der Waals surface area contributed by atoms with Crippen molar-refractivity contribution < 1.29 is 31.9 Å². The van der Waals surface area contributed by atoms with E-state index in [0.29, 0.717) is 6.54 Å². The van der Waals surface area contributed by atoms with Gasteiger partial charge in [0.05, 0.1) is 26.4 Å². The molecule has 10 heteroatoms. The molecule has 0 aromatic heterocycles. The molecule has 0 fully saturated rings. The summed E-state index contributed by atoms with van der Waals surface area (Å²) in [5.74, 6) is -0.891. The third kappa shape index (κ3) is 11.1. The summed E-state index contributed by atoms with van der Waals surface area (Å²) in [6.07, 6.45) is 0.197. The number of esters is 1. The fourth-order valence-electron chi connectivity index (χ4n) is 1.44. The van der Waals surface area contributed by atoms with Gasteiger partial charge >= 0.3 is 12.0 Å². The molecule has 128 valence electrons. The van der Waals surface area contributed by atoms with Gasteiger partial charge in [0.2, 0.25) is 0 Å². The zero-order valence-corrected chi connectivity index (χ0v) is 13.9. The first-order valence-corrected chi connectivity index (χ1v) is 8.21. The van der Waals surface area contributed by atoms with E-state index >= 15 is 0 Å². The van der Waals surface area contributed by atoms with E-state index in [1.165, 1.54) is 6.92 Å². The lowest BCUT2D eigenvalue weighted by Gasteiger charge is -2.28. The van der Waals surface area contributed by atoms with E-state index in [1.807, 2.05) is 0 Å². The molecule has 0 aliphatic heterocycles. The Hall–Kier alpha value is -1.65. The van der Waals surface area contributed by atoms with Gasteiger partial charge in [0.25, 0.3) is 10.1 Å². The van der Waals surface area contributed by atoms with E-state index in [2.05, 4.69) is 17.3 Å². The van der Waals surface area contributed by atoms with Gasteiger partial charge in [0, 0.05) is 12.0 Å². The molecule has 9 nitrogen and oxygen atoms in total. The number of rotatable bonds is 9. The lowest BCUT2D eigenvalue weighted by atomic mass is 10.4. The molecule has 0 radical (unpaired) electrons. The minimum atomic E-state index is -4.00. The van der Waals surface area contributed by atoms with E-state index in [1.54, 1.807) is 14.1 Å². The Morgan fingerprint density at radius 2 is 1.91 bits per heavy atom. The average Bonchev–Trinajstić information content (AvgIpc) is 2.31. The van der Waals surface area contributed by atoms with Crippen molar-refractivity contribution in [2.75, 3.05) is 39.5 Å². The maximum atomic E-state index is 11.6. The van der Waals surface area contributed by atoms with Gasteiger partial charge in [-0.1, -0.05) is 6.58 Å². The molecule has 0 aromatic carbocycles. The molecule has 0 atom stereocenters. The zero-order chi connectivity index (χ0) is 17.4. The van der Waals surface area contributed by atoms with Crippen molar-refractivity contribution >= 4 is 22.1 Å². The molecule has 2 amide bonds. The first kappa shape index (κ1) is 20.3. The third-order valence-electron chi connectivity index (χ3n) is 2.49. The minimum absolute atomic E-state index is 0.0231. The van der Waals surface area contributed by atoms with Gasteiger partial charge in [-0.15, -0.1) is 0 Å². The van der Waals surface area contributed by atoms with Gasteiger partial charge in [0.1, 0.15) is 13.2 Å². The van der Waals surface area contributed by atoms with E-state index in [-0.39, 0.29) is 35.5 Å². The number of nitrogens with zero attached hydrogens (tertiary/aromatic N) is 1. The van der Waals surface area contributed by atoms with Crippen molar-refractivity contribution in [1.29, 1.82) is 0 Å². The van der Waals surface area contributed by atoms with Gasteiger partial charge in [-0.25, -0.2) is 14.2 Å². The standard InChI is InChI=1S/C12H23N3O6S/c1-10(2)11(16)21-8-6-13-12(17)14-15(3,4)7-5-9-22(18,19)20/h1,5-9H2,2-4H3,(H2-,13,14,17,18,19,20)/p+1. The maximum Gasteiger partial charge on any atom is 0.359 e. The SMILES string of the molecule is C=C(C)C(=O)OCCNC(=O)N[N+](C)(C)CCCS(=O)(=O)O. The second kappa shape index (κ2) is 8.71. The molecule has 0 unspecified atom stereocenters. The van der Waals surface area contributed by atoms with Gasteiger partial charge in [-0.3, -0.25) is 4.55 Å². The van der Waals surface area contributed by atoms with Crippen LogP contribution in [0.2, 0.25) is 0 Å². The summed E-state index contributed by atoms with van der Waals surface area (Å²) in [5, 5.41) is 2.50. The van der Waals surface area contributed by atoms with Crippen LogP contribution in [0.15, 0.2) is 12.2 Å². The van der Waals surface area contributed by atoms with E-state index in [9.17, 15) is 18.0 Å². The topological polar surface area (TPSA) is 122 Å². The van der Waals surface area contributed by atoms with Crippen molar-refractivity contribution in [2.45, 2.75) is 13.3 Å². The molecule has 0 saturated heterocycles. The fourth-order valence-corrected chi connectivity index (χ4v) is 1.94. The molecular formula is C12H24N3O6S+. The van der Waals surface area contributed by atoms with Crippen molar-refractivity contribution in [2.24, 2.45) is 0 Å². The van der Waals surface area contributed by atoms with Gasteiger partial charge < -0.3 is 10.1 Å². The van der Waals surface area contributed by atoms with Crippen LogP contribution in [-0.4, -0.2) is 69.1 Å². The minimum Gasteiger partial charge on any atom is -0.460 e. The van der Waals surface area contributed by atoms with Gasteiger partial charge in [-0.2, -0.15) is 13.8 Å². The highest BCUT2D eigenvalue weighted by molar-refractivity contribution is 7.85. The normalized spacial score (nSPS) is 11.6. The van der Waals surface area contributed by atoms with Crippen LogP contribution in [0.5, 0.6) is 0 Å². The van der Waals surface area contributed by atoms with Crippen LogP contribution in [0, 0.1) is 0 Å². The monoisotopic (exact) mass is 338 g/mol. The Bertz CT molecular complexity index is 515. The molecule has 0 heterocycles. The van der Waals surface area contributed by atoms with Gasteiger partial charge in [-0.05, 0) is 6.92 Å². The number of ether oxygens (including phenoxy) is 1. The molecule has 0 rings (SSSR count). The number of amides is 2. The largest absolute Gasteiger partial charge is 0.460 e. The van der Waals surface area contributed by atoms with E-state index in [4.69, 9.17) is 9.29 Å². The summed E-state index contributed by atoms with van der Waals surface area (Å²) < 4.78 is 34.7. The van der Waals surface area contributed by atoms with Crippen LogP contribution in [0.25, 0.3) is 0 Å². The molecule has 0 aliphatic carbocycles. The highest BCUT2D eigenvalue weighted by Crippen LogP contribution is 1.97. The molecule has 0 saturated carbocycles. The lowest BCUT2D eigenvalue weighted by molar-refractivity contribution is -0.924. The number of carbonyl (C=O) groups excluding carboxylic acids is 2. The summed E-state index contributed by atoms with van der Waals surface area (Å²) in [5.41, 5.74) is 2.89. The third-order valence-corrected chi connectivity index (χ3v) is 3.30. The average molecular weight is 338 g/mol. The van der Waals surface area contributed by atoms with E-state index < -0.39 is 22.1 Å². The van der Waals surface area contributed by atoms with Gasteiger partial charge in [0.15, 0.2) is 0 Å². The predicted molar refractivity (Wildman–Crippen MR) is 80.3 cm³/mol. The number of nitrogens with one attached hydrogen (secondary N) is 2. The number of quaternary nitrogens is 1. The summed E-state index contributed by atoms with van der Waals surface area (Å²) in [6.45, 7) is 5.42. The van der Waals surface area contributed by atoms with Crippen molar-refractivity contribution in [3.8, 4) is 0 Å². The summed E-state index contributed by atoms with van der Waals surface area (Å²) in [4.78, 5) is 22.7. The second-order valence-electron chi connectivity index (χ2n) is 5.33. The van der Waals surface area contributed by atoms with Crippen molar-refractivity contribution in [1.82, 2.24) is 10.7 Å². The Morgan fingerprint density at radius 1 is 1.32 bits per heavy atom. The number of urea groups is 1. The van der Waals surface area contributed by atoms with Crippen LogP contribution >= 0.6 is 0 Å². The van der Waals surface area contributed by atoms with Crippen LogP contribution in [0.1, 0.15) is 13.3 Å². The Balaban J connectivity index is 3.98. The summed E-state index contributed by atoms with van der Waals surface area (Å²) >= 11 is 0. The van der Waals surface area contributed by atoms with E-state index in [0.717, 1.165) is 0 Å². The molecule has 3 N–H and O–H groups in total. The first-order chi connectivity index (χ1) is 9.93. The number of carbonyl (C=O) groups is 2. The smallest absolute Gasteiger partial charge is 0.359 e. The molecule has 0 spiro atoms. The van der Waals surface area contributed by atoms with Crippen LogP contribution in [-0.2, 0) is 19.6 Å². The van der Waals surface area contributed by atoms with Crippen LogP contribution < -0.4 is 10.7 Å². The molecule has 22 heavy (non-hydrogen) atoms. The quantitative estimate of drug-likeness (QED) is 0.132. The lowest BCUT2D eigenvalue weighted by Crippen LogP contribution is -2.58. The Labute approximate surface area is 130 Å². The molecule has 0 aliphatic rings. The predicted octanol–water partition coefficient (Wildman–Crippen LogP) is -0.326. The maximum absolute atomic E-state index is 11.6. The zero-order valence-electron chi connectivity index (χ0n) is 13.1. The van der Waals surface area contributed by atoms with Crippen molar-refractivity contribution in [3.05, 3.63) is 12.2 Å². The highest BCUT2D eigenvalue weighted by atomic mass is 32.2. The molecule has 0 aromatic rings. The number of hydrogen-bond donors (Lipinski definition) is 3. The first-order valence-electron chi connectivity index (χ1n) is 6.60. The highest BCUT2D eigenvalue weighted by Gasteiger charge is 2.19. The summed E-state index contributed by atoms with van der Waals surface area (Å²) in [6, 6.07) is -0.483. The fraction of sp³-hybridized carbons (Fsp3) is 0.667. The number of hydrogen-bond acceptors (Lipinski definition) is 5. The Morgan fingerprint density at radius 3 is 2.41 bits per heavy atom. The molecule has 0 bridgehead atoms. The van der Waals surface area contributed by atoms with Crippen LogP contribution in [0.4, 0.5) is 4.79 Å². The van der Waals surface area contributed by atoms with Crippen LogP contribution in [0.3, 0.4) is 0 Å².